The van der Waals surface area contributed by atoms with Gasteiger partial charge in [-0.15, -0.1) is 0 Å². The number of imidazole rings is 1. The van der Waals surface area contributed by atoms with E-state index in [-0.39, 0.29) is 0 Å². The SMILES string of the molecule is Cc1c(Br)c(C)c2nc(N3CCC(C=N)C3)n3c2c1CCC3. The third-order valence-corrected chi connectivity index (χ3v) is 6.44. The van der Waals surface area contributed by atoms with Gasteiger partial charge in [0.1, 0.15) is 0 Å². The van der Waals surface area contributed by atoms with Crippen molar-refractivity contribution in [3.05, 3.63) is 21.2 Å². The zero-order chi connectivity index (χ0) is 15.4. The number of aromatic nitrogens is 2. The molecule has 2 aliphatic rings. The highest BCUT2D eigenvalue weighted by Crippen LogP contribution is 2.39. The summed E-state index contributed by atoms with van der Waals surface area (Å²) in [6, 6.07) is 0. The fourth-order valence-electron chi connectivity index (χ4n) is 3.98. The molecule has 0 aliphatic carbocycles. The van der Waals surface area contributed by atoms with Gasteiger partial charge in [-0.2, -0.15) is 0 Å². The highest BCUT2D eigenvalue weighted by Gasteiger charge is 2.29. The van der Waals surface area contributed by atoms with E-state index in [0.29, 0.717) is 5.92 Å². The Hall–Kier alpha value is -1.36. The molecule has 2 aromatic rings. The van der Waals surface area contributed by atoms with Crippen molar-refractivity contribution < 1.29 is 0 Å². The summed E-state index contributed by atoms with van der Waals surface area (Å²) in [4.78, 5) is 7.39. The summed E-state index contributed by atoms with van der Waals surface area (Å²) >= 11 is 3.76. The van der Waals surface area contributed by atoms with E-state index in [4.69, 9.17) is 10.4 Å². The number of hydrogen-bond donors (Lipinski definition) is 1. The normalized spacial score (nSPS) is 20.9. The molecule has 0 saturated carbocycles. The molecule has 5 heteroatoms. The van der Waals surface area contributed by atoms with Gasteiger partial charge in [-0.3, -0.25) is 0 Å². The second-order valence-electron chi connectivity index (χ2n) is 6.57. The second-order valence-corrected chi connectivity index (χ2v) is 7.36. The van der Waals surface area contributed by atoms with Crippen LogP contribution in [0.25, 0.3) is 11.0 Å². The van der Waals surface area contributed by atoms with E-state index in [2.05, 4.69) is 39.2 Å². The van der Waals surface area contributed by atoms with Crippen molar-refractivity contribution in [2.45, 2.75) is 39.7 Å². The van der Waals surface area contributed by atoms with Crippen LogP contribution in [0.4, 0.5) is 5.95 Å². The van der Waals surface area contributed by atoms with E-state index in [1.807, 2.05) is 0 Å². The van der Waals surface area contributed by atoms with Crippen LogP contribution in [-0.2, 0) is 13.0 Å². The van der Waals surface area contributed by atoms with Gasteiger partial charge in [0, 0.05) is 36.2 Å². The zero-order valence-electron chi connectivity index (χ0n) is 13.1. The second kappa shape index (κ2) is 5.08. The topological polar surface area (TPSA) is 44.9 Å². The molecule has 1 N–H and O–H groups in total. The number of halogens is 1. The van der Waals surface area contributed by atoms with Crippen LogP contribution < -0.4 is 4.90 Å². The van der Waals surface area contributed by atoms with Gasteiger partial charge in [0.25, 0.3) is 0 Å². The molecule has 0 spiro atoms. The van der Waals surface area contributed by atoms with E-state index >= 15 is 0 Å². The minimum absolute atomic E-state index is 0.380. The van der Waals surface area contributed by atoms with Crippen LogP contribution in [0.2, 0.25) is 0 Å². The lowest BCUT2D eigenvalue weighted by Crippen LogP contribution is -2.24. The van der Waals surface area contributed by atoms with Crippen molar-refractivity contribution in [3.63, 3.8) is 0 Å². The van der Waals surface area contributed by atoms with Crippen LogP contribution in [0, 0.1) is 25.2 Å². The fraction of sp³-hybridized carbons (Fsp3) is 0.529. The van der Waals surface area contributed by atoms with Gasteiger partial charge in [-0.1, -0.05) is 15.9 Å². The minimum Gasteiger partial charge on any atom is -0.342 e. The number of nitrogens with zero attached hydrogens (tertiary/aromatic N) is 3. The van der Waals surface area contributed by atoms with Crippen LogP contribution in [0.1, 0.15) is 29.5 Å². The first kappa shape index (κ1) is 14.2. The third kappa shape index (κ3) is 1.87. The smallest absolute Gasteiger partial charge is 0.206 e. The number of hydrogen-bond acceptors (Lipinski definition) is 3. The molecular formula is C17H21BrN4. The van der Waals surface area contributed by atoms with E-state index in [1.54, 1.807) is 6.21 Å². The molecule has 0 amide bonds. The molecule has 1 saturated heterocycles. The van der Waals surface area contributed by atoms with Crippen LogP contribution in [0.5, 0.6) is 0 Å². The van der Waals surface area contributed by atoms with Gasteiger partial charge in [-0.25, -0.2) is 4.98 Å². The molecule has 1 atom stereocenters. The number of nitrogens with one attached hydrogen (secondary N) is 1. The maximum Gasteiger partial charge on any atom is 0.206 e. The van der Waals surface area contributed by atoms with Crippen LogP contribution in [0.3, 0.4) is 0 Å². The summed E-state index contributed by atoms with van der Waals surface area (Å²) in [5.41, 5.74) is 6.58. The molecule has 2 aliphatic heterocycles. The summed E-state index contributed by atoms with van der Waals surface area (Å²) in [6.45, 7) is 7.38. The van der Waals surface area contributed by atoms with Crippen LogP contribution >= 0.6 is 15.9 Å². The quantitative estimate of drug-likeness (QED) is 0.826. The van der Waals surface area contributed by atoms with Crippen molar-refractivity contribution in [2.75, 3.05) is 18.0 Å². The number of aryl methyl sites for hydroxylation is 3. The largest absolute Gasteiger partial charge is 0.342 e. The monoisotopic (exact) mass is 360 g/mol. The summed E-state index contributed by atoms with van der Waals surface area (Å²) in [7, 11) is 0. The van der Waals surface area contributed by atoms with E-state index in [0.717, 1.165) is 43.9 Å². The lowest BCUT2D eigenvalue weighted by Gasteiger charge is -2.23. The van der Waals surface area contributed by atoms with Crippen molar-refractivity contribution in [2.24, 2.45) is 5.92 Å². The summed E-state index contributed by atoms with van der Waals surface area (Å²) in [6.07, 6.45) is 5.00. The average Bonchev–Trinajstić information content (AvgIpc) is 3.15. The first-order valence-electron chi connectivity index (χ1n) is 8.05. The van der Waals surface area contributed by atoms with E-state index < -0.39 is 0 Å². The third-order valence-electron chi connectivity index (χ3n) is 5.25. The Kier molecular flexibility index (Phi) is 3.29. The fourth-order valence-corrected chi connectivity index (χ4v) is 4.41. The average molecular weight is 361 g/mol. The van der Waals surface area contributed by atoms with Gasteiger partial charge in [0.15, 0.2) is 0 Å². The Balaban J connectivity index is 1.94. The lowest BCUT2D eigenvalue weighted by molar-refractivity contribution is 0.622. The molecule has 3 heterocycles. The predicted octanol–water partition coefficient (Wildman–Crippen LogP) is 3.84. The Bertz CT molecular complexity index is 777. The number of anilines is 1. The molecule has 1 aromatic carbocycles. The molecule has 1 fully saturated rings. The summed E-state index contributed by atoms with van der Waals surface area (Å²) in [5, 5.41) is 7.51. The standard InChI is InChI=1S/C17H21BrN4/c1-10-13-4-3-6-22-16(13)15(11(2)14(10)18)20-17(22)21-7-5-12(8-19)9-21/h8,12,19H,3-7,9H2,1-2H3. The highest BCUT2D eigenvalue weighted by molar-refractivity contribution is 9.10. The van der Waals surface area contributed by atoms with E-state index in [9.17, 15) is 0 Å². The summed E-state index contributed by atoms with van der Waals surface area (Å²) < 4.78 is 3.64. The maximum absolute atomic E-state index is 7.51. The number of rotatable bonds is 2. The Morgan fingerprint density at radius 3 is 2.82 bits per heavy atom. The minimum atomic E-state index is 0.380. The molecule has 0 radical (unpaired) electrons. The molecule has 4 nitrogen and oxygen atoms in total. The van der Waals surface area contributed by atoms with Gasteiger partial charge < -0.3 is 14.9 Å². The van der Waals surface area contributed by atoms with E-state index in [1.165, 1.54) is 33.1 Å². The molecule has 116 valence electrons. The maximum atomic E-state index is 7.51. The molecule has 1 unspecified atom stereocenters. The Morgan fingerprint density at radius 1 is 1.27 bits per heavy atom. The molecule has 0 bridgehead atoms. The molecular weight excluding hydrogens is 340 g/mol. The summed E-state index contributed by atoms with van der Waals surface area (Å²) in [5.74, 6) is 1.49. The van der Waals surface area contributed by atoms with Crippen molar-refractivity contribution in [1.29, 1.82) is 5.41 Å². The van der Waals surface area contributed by atoms with Gasteiger partial charge in [-0.05, 0) is 49.8 Å². The van der Waals surface area contributed by atoms with Crippen molar-refractivity contribution in [1.82, 2.24) is 9.55 Å². The molecule has 22 heavy (non-hydrogen) atoms. The predicted molar refractivity (Wildman–Crippen MR) is 94.3 cm³/mol. The zero-order valence-corrected chi connectivity index (χ0v) is 14.7. The van der Waals surface area contributed by atoms with Gasteiger partial charge in [0.2, 0.25) is 5.95 Å². The molecule has 4 rings (SSSR count). The van der Waals surface area contributed by atoms with Crippen LogP contribution in [0.15, 0.2) is 4.47 Å². The lowest BCUT2D eigenvalue weighted by atomic mass is 9.97. The van der Waals surface area contributed by atoms with Crippen molar-refractivity contribution >= 4 is 39.1 Å². The first-order valence-corrected chi connectivity index (χ1v) is 8.84. The number of benzene rings is 1. The molecule has 1 aromatic heterocycles. The Morgan fingerprint density at radius 2 is 2.09 bits per heavy atom. The van der Waals surface area contributed by atoms with Crippen molar-refractivity contribution in [3.8, 4) is 0 Å². The first-order chi connectivity index (χ1) is 10.6. The van der Waals surface area contributed by atoms with Gasteiger partial charge in [0.05, 0.1) is 11.0 Å². The van der Waals surface area contributed by atoms with Gasteiger partial charge >= 0.3 is 0 Å². The van der Waals surface area contributed by atoms with Crippen LogP contribution in [-0.4, -0.2) is 28.9 Å². The Labute approximate surface area is 139 Å². The highest BCUT2D eigenvalue weighted by atomic mass is 79.9.